The summed E-state index contributed by atoms with van der Waals surface area (Å²) in [6, 6.07) is 37.1. The van der Waals surface area contributed by atoms with Crippen molar-refractivity contribution in [2.75, 3.05) is 13.7 Å². The van der Waals surface area contributed by atoms with Gasteiger partial charge in [0.25, 0.3) is 0 Å². The zero-order chi connectivity index (χ0) is 34.0. The van der Waals surface area contributed by atoms with E-state index in [0.29, 0.717) is 24.3 Å². The van der Waals surface area contributed by atoms with Gasteiger partial charge in [0.1, 0.15) is 18.3 Å². The molecule has 0 aromatic heterocycles. The molecular weight excluding hydrogens is 588 g/mol. The number of aldehydes is 3. The molecule has 0 radical (unpaired) electrons. The first kappa shape index (κ1) is 37.6. The third-order valence-electron chi connectivity index (χ3n) is 6.58. The first-order valence-electron chi connectivity index (χ1n) is 15.3. The average Bonchev–Trinajstić information content (AvgIpc) is 3.13. The molecule has 242 valence electrons. The fourth-order valence-electron chi connectivity index (χ4n) is 4.17. The second-order valence-corrected chi connectivity index (χ2v) is 10.1. The lowest BCUT2D eigenvalue weighted by Gasteiger charge is -2.09. The van der Waals surface area contributed by atoms with Gasteiger partial charge in [-0.05, 0) is 40.8 Å². The molecule has 0 heterocycles. The number of carbonyl (C=O) groups is 4. The van der Waals surface area contributed by atoms with Crippen molar-refractivity contribution in [3.63, 3.8) is 0 Å². The van der Waals surface area contributed by atoms with Gasteiger partial charge in [-0.25, -0.2) is 0 Å². The minimum Gasteiger partial charge on any atom is -0.496 e. The molecule has 0 N–H and O–H groups in total. The Morgan fingerprint density at radius 1 is 0.723 bits per heavy atom. The monoisotopic (exact) mass is 630 g/mol. The average molecular weight is 631 g/mol. The van der Waals surface area contributed by atoms with Crippen molar-refractivity contribution in [1.82, 2.24) is 0 Å². The van der Waals surface area contributed by atoms with Crippen LogP contribution in [-0.2, 0) is 32.0 Å². The van der Waals surface area contributed by atoms with Gasteiger partial charge in [0.05, 0.1) is 25.2 Å². The van der Waals surface area contributed by atoms with Gasteiger partial charge in [-0.3, -0.25) is 9.59 Å². The van der Waals surface area contributed by atoms with Crippen LogP contribution in [0.15, 0.2) is 145 Å². The number of esters is 1. The summed E-state index contributed by atoms with van der Waals surface area (Å²) in [5.74, 6) is 0.304. The van der Waals surface area contributed by atoms with Crippen LogP contribution in [0.1, 0.15) is 40.4 Å². The van der Waals surface area contributed by atoms with E-state index in [2.05, 4.69) is 0 Å². The van der Waals surface area contributed by atoms with E-state index in [-0.39, 0.29) is 11.9 Å². The second-order valence-electron chi connectivity index (χ2n) is 10.1. The quantitative estimate of drug-likeness (QED) is 0.130. The van der Waals surface area contributed by atoms with Gasteiger partial charge in [0.2, 0.25) is 0 Å². The zero-order valence-electron chi connectivity index (χ0n) is 26.9. The molecule has 0 amide bonds. The Labute approximate surface area is 278 Å². The third kappa shape index (κ3) is 16.3. The van der Waals surface area contributed by atoms with Crippen molar-refractivity contribution < 1.29 is 28.7 Å². The van der Waals surface area contributed by atoms with Gasteiger partial charge in [0, 0.05) is 19.8 Å². The second kappa shape index (κ2) is 23.7. The van der Waals surface area contributed by atoms with Crippen LogP contribution in [-0.4, -0.2) is 38.5 Å². The van der Waals surface area contributed by atoms with Crippen LogP contribution < -0.4 is 4.74 Å². The molecule has 1 atom stereocenters. The van der Waals surface area contributed by atoms with Gasteiger partial charge < -0.3 is 19.1 Å². The molecule has 6 heteroatoms. The van der Waals surface area contributed by atoms with Crippen LogP contribution in [0.2, 0.25) is 0 Å². The van der Waals surface area contributed by atoms with Crippen molar-refractivity contribution >= 4 is 30.9 Å². The Hall–Kier alpha value is -5.62. The number of ether oxygens (including phenoxy) is 2. The van der Waals surface area contributed by atoms with Gasteiger partial charge >= 0.3 is 5.97 Å². The smallest absolute Gasteiger partial charge is 0.302 e. The van der Waals surface area contributed by atoms with Crippen molar-refractivity contribution in [3.05, 3.63) is 167 Å². The Balaban J connectivity index is 0.000000221. The highest BCUT2D eigenvalue weighted by atomic mass is 16.5. The van der Waals surface area contributed by atoms with E-state index in [0.717, 1.165) is 42.8 Å². The number of benzene rings is 4. The summed E-state index contributed by atoms with van der Waals surface area (Å²) in [6.07, 6.45) is 14.8. The van der Waals surface area contributed by atoms with Crippen molar-refractivity contribution in [3.8, 4) is 5.75 Å². The van der Waals surface area contributed by atoms with Crippen LogP contribution in [0, 0.1) is 5.92 Å². The molecule has 0 saturated heterocycles. The summed E-state index contributed by atoms with van der Waals surface area (Å²) in [7, 11) is 1.54. The summed E-state index contributed by atoms with van der Waals surface area (Å²) >= 11 is 0. The maximum absolute atomic E-state index is 10.8. The van der Waals surface area contributed by atoms with Crippen LogP contribution in [0.3, 0.4) is 0 Å². The molecule has 1 unspecified atom stereocenters. The number of allylic oxidation sites excluding steroid dienone is 5. The number of carbonyl (C=O) groups excluding carboxylic acids is 4. The van der Waals surface area contributed by atoms with Crippen molar-refractivity contribution in [2.45, 2.75) is 26.2 Å². The number of hydrogen-bond donors (Lipinski definition) is 0. The summed E-state index contributed by atoms with van der Waals surface area (Å²) in [4.78, 5) is 41.5. The molecule has 6 nitrogen and oxygen atoms in total. The molecule has 0 fully saturated rings. The number of methoxy groups -OCH3 is 1. The number of para-hydroxylation sites is 1. The highest BCUT2D eigenvalue weighted by molar-refractivity contribution is 5.79. The Morgan fingerprint density at radius 3 is 1.83 bits per heavy atom. The van der Waals surface area contributed by atoms with E-state index in [1.807, 2.05) is 127 Å². The van der Waals surface area contributed by atoms with Crippen molar-refractivity contribution in [2.24, 2.45) is 5.92 Å². The lowest BCUT2D eigenvalue weighted by molar-refractivity contribution is -0.140. The zero-order valence-corrected chi connectivity index (χ0v) is 26.9. The van der Waals surface area contributed by atoms with Crippen LogP contribution in [0.25, 0.3) is 6.08 Å². The molecule has 4 aromatic carbocycles. The molecule has 1 aliphatic rings. The van der Waals surface area contributed by atoms with Gasteiger partial charge in [0.15, 0.2) is 6.29 Å². The topological polar surface area (TPSA) is 86.7 Å². The molecule has 0 bridgehead atoms. The van der Waals surface area contributed by atoms with Gasteiger partial charge in [-0.1, -0.05) is 134 Å². The molecule has 4 aromatic rings. The summed E-state index contributed by atoms with van der Waals surface area (Å²) in [5.41, 5.74) is 5.18. The van der Waals surface area contributed by atoms with Crippen LogP contribution >= 0.6 is 0 Å². The number of aryl methyl sites for hydroxylation is 1. The fraction of sp³-hybridized carbons (Fsp3) is 0.171. The fourth-order valence-corrected chi connectivity index (χ4v) is 4.17. The van der Waals surface area contributed by atoms with E-state index in [9.17, 15) is 19.2 Å². The third-order valence-corrected chi connectivity index (χ3v) is 6.58. The number of rotatable bonds is 10. The van der Waals surface area contributed by atoms with E-state index in [1.54, 1.807) is 25.3 Å². The van der Waals surface area contributed by atoms with E-state index < -0.39 is 0 Å². The van der Waals surface area contributed by atoms with E-state index >= 15 is 0 Å². The Morgan fingerprint density at radius 2 is 1.30 bits per heavy atom. The molecule has 0 aliphatic heterocycles. The predicted molar refractivity (Wildman–Crippen MR) is 188 cm³/mol. The maximum atomic E-state index is 10.8. The lowest BCUT2D eigenvalue weighted by atomic mass is 9.94. The standard InChI is InChI=1S/C14H12O.C10H12O2.C9H10O.C8H8O2/c15-11-14-9-5-4-8-13(14)10-12-6-2-1-3-7-12;1-9(11)12-8-7-10-5-3-2-4-6-10;10-8-4-7-9-5-2-1-3-6-9;1-10-8-5-3-2-4-7(8)6-9/h1-11,14H;2-6H,7-8H2,1H3;1-3,5-6,8H,4,7H2;2-6H,1H3. The van der Waals surface area contributed by atoms with E-state index in [1.165, 1.54) is 18.1 Å². The normalized spacial score (nSPS) is 13.2. The molecule has 0 saturated carbocycles. The highest BCUT2D eigenvalue weighted by Crippen LogP contribution is 2.20. The first-order valence-corrected chi connectivity index (χ1v) is 15.3. The van der Waals surface area contributed by atoms with Gasteiger partial charge in [-0.15, -0.1) is 0 Å². The summed E-state index contributed by atoms with van der Waals surface area (Å²) in [5, 5.41) is 0. The summed E-state index contributed by atoms with van der Waals surface area (Å²) < 4.78 is 9.71. The van der Waals surface area contributed by atoms with Crippen molar-refractivity contribution in [1.29, 1.82) is 0 Å². The SMILES string of the molecule is CC(=O)OCCc1ccccc1.COc1ccccc1C=O.O=CC1C=CC=CC1=Cc1ccccc1.O=CCCc1ccccc1. The van der Waals surface area contributed by atoms with Crippen LogP contribution in [0.5, 0.6) is 5.75 Å². The van der Waals surface area contributed by atoms with Gasteiger partial charge in [-0.2, -0.15) is 0 Å². The highest BCUT2D eigenvalue weighted by Gasteiger charge is 2.09. The lowest BCUT2D eigenvalue weighted by Crippen LogP contribution is -2.02. The number of hydrogen-bond acceptors (Lipinski definition) is 6. The first-order chi connectivity index (χ1) is 23.0. The minimum absolute atomic E-state index is 0.102. The molecule has 5 rings (SSSR count). The summed E-state index contributed by atoms with van der Waals surface area (Å²) in [6.45, 7) is 1.89. The Bertz CT molecular complexity index is 1560. The minimum atomic E-state index is -0.217. The largest absolute Gasteiger partial charge is 0.496 e. The molecule has 0 spiro atoms. The molecule has 1 aliphatic carbocycles. The molecular formula is C41H42O6. The predicted octanol–water partition coefficient (Wildman–Crippen LogP) is 8.13. The Kier molecular flexibility index (Phi) is 19.0. The molecule has 47 heavy (non-hydrogen) atoms. The maximum Gasteiger partial charge on any atom is 0.302 e. The van der Waals surface area contributed by atoms with E-state index in [4.69, 9.17) is 9.47 Å². The van der Waals surface area contributed by atoms with Crippen LogP contribution in [0.4, 0.5) is 0 Å².